The quantitative estimate of drug-likeness (QED) is 0.605. The molecule has 1 aromatic carbocycles. The van der Waals surface area contributed by atoms with Crippen LogP contribution in [0.15, 0.2) is 42.7 Å². The fraction of sp³-hybridized carbons (Fsp3) is 0.188. The van der Waals surface area contributed by atoms with Crippen LogP contribution in [0.1, 0.15) is 16.8 Å². The van der Waals surface area contributed by atoms with Gasteiger partial charge in [0.25, 0.3) is 5.95 Å². The SMILES string of the molecule is Cc1cnc(-n2ccc(C(F)(F)F)n2)nc1Oc1cccc(C(F)(F)F)c1. The first kappa shape index (κ1) is 18.7. The summed E-state index contributed by atoms with van der Waals surface area (Å²) in [6.45, 7) is 1.54. The molecule has 0 amide bonds. The standard InChI is InChI=1S/C16H10F6N4O/c1-9-8-23-14(26-6-5-12(25-26)16(20,21)22)24-13(9)27-11-4-2-3-10(7-11)15(17,18)19/h2-8H,1H3. The monoisotopic (exact) mass is 388 g/mol. The molecule has 0 spiro atoms. The highest BCUT2D eigenvalue weighted by atomic mass is 19.4. The molecule has 0 aliphatic rings. The summed E-state index contributed by atoms with van der Waals surface area (Å²) in [6, 6.07) is 4.88. The summed E-state index contributed by atoms with van der Waals surface area (Å²) in [4.78, 5) is 7.81. The fourth-order valence-electron chi connectivity index (χ4n) is 2.07. The third-order valence-electron chi connectivity index (χ3n) is 3.37. The Bertz CT molecular complexity index is 964. The number of ether oxygens (including phenoxy) is 1. The maximum Gasteiger partial charge on any atom is 0.435 e. The number of hydrogen-bond donors (Lipinski definition) is 0. The summed E-state index contributed by atoms with van der Waals surface area (Å²) in [5, 5.41) is 3.34. The first-order valence-corrected chi connectivity index (χ1v) is 7.36. The van der Waals surface area contributed by atoms with Gasteiger partial charge < -0.3 is 4.74 Å². The highest BCUT2D eigenvalue weighted by molar-refractivity contribution is 5.35. The van der Waals surface area contributed by atoms with Crippen LogP contribution < -0.4 is 4.74 Å². The van der Waals surface area contributed by atoms with Crippen LogP contribution in [0.25, 0.3) is 5.95 Å². The van der Waals surface area contributed by atoms with Gasteiger partial charge in [0.05, 0.1) is 5.56 Å². The molecular formula is C16H10F6N4O. The van der Waals surface area contributed by atoms with Crippen molar-refractivity contribution < 1.29 is 31.1 Å². The summed E-state index contributed by atoms with van der Waals surface area (Å²) in [7, 11) is 0. The van der Waals surface area contributed by atoms with Gasteiger partial charge in [-0.3, -0.25) is 0 Å². The Kier molecular flexibility index (Phi) is 4.54. The van der Waals surface area contributed by atoms with Crippen molar-refractivity contribution >= 4 is 0 Å². The van der Waals surface area contributed by atoms with E-state index in [1.165, 1.54) is 25.3 Å². The molecule has 0 radical (unpaired) electrons. The lowest BCUT2D eigenvalue weighted by atomic mass is 10.2. The number of alkyl halides is 6. The van der Waals surface area contributed by atoms with Crippen molar-refractivity contribution in [3.63, 3.8) is 0 Å². The van der Waals surface area contributed by atoms with Gasteiger partial charge in [-0.15, -0.1) is 0 Å². The molecule has 0 unspecified atom stereocenters. The van der Waals surface area contributed by atoms with Crippen molar-refractivity contribution in [2.45, 2.75) is 19.3 Å². The Morgan fingerprint density at radius 3 is 2.37 bits per heavy atom. The second kappa shape index (κ2) is 6.56. The van der Waals surface area contributed by atoms with Crippen LogP contribution in [0.5, 0.6) is 11.6 Å². The molecule has 11 heteroatoms. The van der Waals surface area contributed by atoms with Crippen LogP contribution in [0.2, 0.25) is 0 Å². The molecule has 0 N–H and O–H groups in total. The lowest BCUT2D eigenvalue weighted by Gasteiger charge is -2.11. The molecule has 27 heavy (non-hydrogen) atoms. The van der Waals surface area contributed by atoms with Crippen LogP contribution in [0.3, 0.4) is 0 Å². The Morgan fingerprint density at radius 2 is 1.74 bits per heavy atom. The van der Waals surface area contributed by atoms with Gasteiger partial charge in [0.1, 0.15) is 5.75 Å². The van der Waals surface area contributed by atoms with Crippen LogP contribution in [0, 0.1) is 6.92 Å². The van der Waals surface area contributed by atoms with E-state index in [-0.39, 0.29) is 17.6 Å². The summed E-state index contributed by atoms with van der Waals surface area (Å²) < 4.78 is 82.5. The van der Waals surface area contributed by atoms with E-state index in [9.17, 15) is 26.3 Å². The predicted octanol–water partition coefficient (Wildman–Crippen LogP) is 4.80. The lowest BCUT2D eigenvalue weighted by Crippen LogP contribution is -2.09. The van der Waals surface area contributed by atoms with Crippen molar-refractivity contribution in [1.82, 2.24) is 19.7 Å². The number of nitrogens with zero attached hydrogens (tertiary/aromatic N) is 4. The Morgan fingerprint density at radius 1 is 1.00 bits per heavy atom. The molecule has 5 nitrogen and oxygen atoms in total. The van der Waals surface area contributed by atoms with Gasteiger partial charge >= 0.3 is 12.4 Å². The van der Waals surface area contributed by atoms with Crippen molar-refractivity contribution in [2.75, 3.05) is 0 Å². The molecule has 0 bridgehead atoms. The van der Waals surface area contributed by atoms with Gasteiger partial charge in [0, 0.05) is 18.0 Å². The summed E-state index contributed by atoms with van der Waals surface area (Å²) in [5.41, 5.74) is -1.67. The van der Waals surface area contributed by atoms with E-state index < -0.39 is 23.6 Å². The zero-order valence-corrected chi connectivity index (χ0v) is 13.5. The molecular weight excluding hydrogens is 378 g/mol. The van der Waals surface area contributed by atoms with E-state index in [0.717, 1.165) is 29.1 Å². The number of halogens is 6. The fourth-order valence-corrected chi connectivity index (χ4v) is 2.07. The van der Waals surface area contributed by atoms with Gasteiger partial charge in [0.15, 0.2) is 5.69 Å². The number of hydrogen-bond acceptors (Lipinski definition) is 4. The first-order valence-electron chi connectivity index (χ1n) is 7.36. The van der Waals surface area contributed by atoms with Crippen molar-refractivity contribution in [1.29, 1.82) is 0 Å². The maximum absolute atomic E-state index is 12.8. The molecule has 0 saturated carbocycles. The average Bonchev–Trinajstić information content (AvgIpc) is 3.07. The number of aromatic nitrogens is 4. The highest BCUT2D eigenvalue weighted by Gasteiger charge is 2.34. The summed E-state index contributed by atoms with van der Waals surface area (Å²) in [6.07, 6.45) is -6.90. The lowest BCUT2D eigenvalue weighted by molar-refractivity contribution is -0.141. The van der Waals surface area contributed by atoms with Gasteiger partial charge in [-0.05, 0) is 31.2 Å². The van der Waals surface area contributed by atoms with E-state index in [4.69, 9.17) is 4.74 Å². The van der Waals surface area contributed by atoms with Crippen LogP contribution in [-0.4, -0.2) is 19.7 Å². The zero-order chi connectivity index (χ0) is 19.8. The first-order chi connectivity index (χ1) is 12.5. The molecule has 2 heterocycles. The largest absolute Gasteiger partial charge is 0.439 e. The second-order valence-corrected chi connectivity index (χ2v) is 5.43. The van der Waals surface area contributed by atoms with Crippen LogP contribution in [0.4, 0.5) is 26.3 Å². The predicted molar refractivity (Wildman–Crippen MR) is 80.4 cm³/mol. The molecule has 0 fully saturated rings. The molecule has 0 aliphatic heterocycles. The summed E-state index contributed by atoms with van der Waals surface area (Å²) >= 11 is 0. The second-order valence-electron chi connectivity index (χ2n) is 5.43. The van der Waals surface area contributed by atoms with Gasteiger partial charge in [-0.1, -0.05) is 6.07 Å². The zero-order valence-electron chi connectivity index (χ0n) is 13.5. The van der Waals surface area contributed by atoms with Crippen molar-refractivity contribution in [3.8, 4) is 17.6 Å². The Labute approximate surface area is 148 Å². The number of aryl methyl sites for hydroxylation is 1. The smallest absolute Gasteiger partial charge is 0.435 e. The Balaban J connectivity index is 1.92. The Hall–Kier alpha value is -3.11. The molecule has 3 aromatic rings. The van der Waals surface area contributed by atoms with E-state index in [2.05, 4.69) is 15.1 Å². The minimum absolute atomic E-state index is 0.108. The molecule has 0 saturated heterocycles. The van der Waals surface area contributed by atoms with Gasteiger partial charge in [0.2, 0.25) is 5.88 Å². The third kappa shape index (κ3) is 4.18. The minimum Gasteiger partial charge on any atom is -0.439 e. The normalized spacial score (nSPS) is 12.3. The average molecular weight is 388 g/mol. The number of benzene rings is 1. The van der Waals surface area contributed by atoms with E-state index in [1.54, 1.807) is 0 Å². The van der Waals surface area contributed by atoms with E-state index in [1.807, 2.05) is 0 Å². The number of rotatable bonds is 3. The topological polar surface area (TPSA) is 52.8 Å². The van der Waals surface area contributed by atoms with E-state index in [0.29, 0.717) is 5.56 Å². The van der Waals surface area contributed by atoms with Gasteiger partial charge in [-0.25, -0.2) is 9.67 Å². The van der Waals surface area contributed by atoms with Crippen molar-refractivity contribution in [3.05, 3.63) is 59.5 Å². The molecule has 0 atom stereocenters. The summed E-state index contributed by atoms with van der Waals surface area (Å²) in [5.74, 6) is -0.463. The molecule has 2 aromatic heterocycles. The van der Waals surface area contributed by atoms with Crippen LogP contribution >= 0.6 is 0 Å². The highest BCUT2D eigenvalue weighted by Crippen LogP contribution is 2.33. The van der Waals surface area contributed by atoms with Crippen molar-refractivity contribution in [2.24, 2.45) is 0 Å². The molecule has 0 aliphatic carbocycles. The third-order valence-corrected chi connectivity index (χ3v) is 3.37. The van der Waals surface area contributed by atoms with E-state index >= 15 is 0 Å². The minimum atomic E-state index is -4.63. The van der Waals surface area contributed by atoms with Gasteiger partial charge in [-0.2, -0.15) is 36.4 Å². The molecule has 142 valence electrons. The molecule has 3 rings (SSSR count). The maximum atomic E-state index is 12.8. The van der Waals surface area contributed by atoms with Crippen LogP contribution in [-0.2, 0) is 12.4 Å².